The van der Waals surface area contributed by atoms with Gasteiger partial charge in [-0.2, -0.15) is 5.26 Å². The van der Waals surface area contributed by atoms with Crippen molar-refractivity contribution in [3.8, 4) is 16.8 Å². The van der Waals surface area contributed by atoms with Crippen LogP contribution in [0, 0.1) is 32.1 Å². The summed E-state index contributed by atoms with van der Waals surface area (Å²) in [6.45, 7) is 5.91. The van der Waals surface area contributed by atoms with Crippen molar-refractivity contribution in [2.24, 2.45) is 0 Å². The Labute approximate surface area is 148 Å². The molecule has 0 radical (unpaired) electrons. The summed E-state index contributed by atoms with van der Waals surface area (Å²) in [6.07, 6.45) is 0.637. The molecule has 24 heavy (non-hydrogen) atoms. The first-order valence-electron chi connectivity index (χ1n) is 7.45. The van der Waals surface area contributed by atoms with Crippen LogP contribution in [0.15, 0.2) is 33.9 Å². The highest BCUT2D eigenvalue weighted by molar-refractivity contribution is 7.99. The third-order valence-electron chi connectivity index (χ3n) is 3.43. The molecule has 0 aliphatic carbocycles. The molecule has 3 rings (SSSR count). The molecule has 1 unspecified atom stereocenters. The SMILES string of the molecule is Cc1ccc(CC(C#N)Sc2nnc(-c3sc(C)nc3C)o2)cc1. The van der Waals surface area contributed by atoms with E-state index in [-0.39, 0.29) is 5.25 Å². The van der Waals surface area contributed by atoms with E-state index in [1.54, 1.807) is 0 Å². The van der Waals surface area contributed by atoms with Crippen LogP contribution in [0.2, 0.25) is 0 Å². The average molecular weight is 356 g/mol. The molecule has 0 aliphatic heterocycles. The fraction of sp³-hybridized carbons (Fsp3) is 0.294. The Bertz CT molecular complexity index is 877. The molecule has 1 atom stereocenters. The van der Waals surface area contributed by atoms with Crippen LogP contribution in [0.25, 0.3) is 10.8 Å². The predicted molar refractivity (Wildman–Crippen MR) is 95.0 cm³/mol. The van der Waals surface area contributed by atoms with E-state index in [1.165, 1.54) is 28.7 Å². The molecule has 0 bridgehead atoms. The molecule has 1 aromatic carbocycles. The average Bonchev–Trinajstić information content (AvgIpc) is 3.14. The second kappa shape index (κ2) is 7.16. The van der Waals surface area contributed by atoms with Gasteiger partial charge < -0.3 is 4.42 Å². The highest BCUT2D eigenvalue weighted by atomic mass is 32.2. The van der Waals surface area contributed by atoms with Crippen molar-refractivity contribution in [1.82, 2.24) is 15.2 Å². The number of nitriles is 1. The maximum absolute atomic E-state index is 9.41. The summed E-state index contributed by atoms with van der Waals surface area (Å²) in [6, 6.07) is 10.5. The Kier molecular flexibility index (Phi) is 4.97. The molecule has 0 N–H and O–H groups in total. The first-order valence-corrected chi connectivity index (χ1v) is 9.14. The summed E-state index contributed by atoms with van der Waals surface area (Å²) in [5.41, 5.74) is 3.21. The summed E-state index contributed by atoms with van der Waals surface area (Å²) >= 11 is 2.83. The third-order valence-corrected chi connectivity index (χ3v) is 5.42. The van der Waals surface area contributed by atoms with E-state index in [2.05, 4.69) is 21.3 Å². The van der Waals surface area contributed by atoms with Crippen molar-refractivity contribution in [2.75, 3.05) is 0 Å². The minimum atomic E-state index is -0.273. The summed E-state index contributed by atoms with van der Waals surface area (Å²) in [5.74, 6) is 0.465. The number of aryl methyl sites for hydroxylation is 3. The van der Waals surface area contributed by atoms with Gasteiger partial charge in [-0.15, -0.1) is 21.5 Å². The fourth-order valence-corrected chi connectivity index (χ4v) is 3.88. The second-order valence-corrected chi connectivity index (χ2v) is 7.80. The molecule has 122 valence electrons. The normalized spacial score (nSPS) is 12.1. The van der Waals surface area contributed by atoms with Crippen LogP contribution in [0.4, 0.5) is 0 Å². The van der Waals surface area contributed by atoms with Gasteiger partial charge >= 0.3 is 0 Å². The minimum absolute atomic E-state index is 0.273. The van der Waals surface area contributed by atoms with Crippen molar-refractivity contribution in [3.05, 3.63) is 46.1 Å². The van der Waals surface area contributed by atoms with E-state index < -0.39 is 0 Å². The largest absolute Gasteiger partial charge is 0.410 e. The van der Waals surface area contributed by atoms with Crippen molar-refractivity contribution in [2.45, 2.75) is 37.7 Å². The van der Waals surface area contributed by atoms with E-state index in [0.717, 1.165) is 21.1 Å². The lowest BCUT2D eigenvalue weighted by molar-refractivity contribution is 0.466. The number of benzene rings is 1. The highest BCUT2D eigenvalue weighted by Gasteiger charge is 2.18. The van der Waals surface area contributed by atoms with Crippen molar-refractivity contribution < 1.29 is 4.42 Å². The van der Waals surface area contributed by atoms with Gasteiger partial charge in [0.2, 0.25) is 0 Å². The maximum Gasteiger partial charge on any atom is 0.278 e. The molecular weight excluding hydrogens is 340 g/mol. The highest BCUT2D eigenvalue weighted by Crippen LogP contribution is 2.32. The van der Waals surface area contributed by atoms with Crippen LogP contribution < -0.4 is 0 Å². The van der Waals surface area contributed by atoms with Crippen LogP contribution >= 0.6 is 23.1 Å². The number of hydrogen-bond acceptors (Lipinski definition) is 7. The quantitative estimate of drug-likeness (QED) is 0.633. The molecule has 3 aromatic rings. The lowest BCUT2D eigenvalue weighted by atomic mass is 10.1. The Hall–Kier alpha value is -2.17. The summed E-state index contributed by atoms with van der Waals surface area (Å²) in [7, 11) is 0. The van der Waals surface area contributed by atoms with Crippen LogP contribution in [-0.4, -0.2) is 20.4 Å². The minimum Gasteiger partial charge on any atom is -0.410 e. The number of nitrogens with zero attached hydrogens (tertiary/aromatic N) is 4. The first kappa shape index (κ1) is 16.7. The van der Waals surface area contributed by atoms with Crippen molar-refractivity contribution >= 4 is 23.1 Å². The topological polar surface area (TPSA) is 75.6 Å². The Morgan fingerprint density at radius 1 is 1.21 bits per heavy atom. The molecule has 0 amide bonds. The zero-order valence-corrected chi connectivity index (χ0v) is 15.2. The molecule has 0 spiro atoms. The number of aromatic nitrogens is 3. The van der Waals surface area contributed by atoms with Gasteiger partial charge in [0, 0.05) is 0 Å². The lowest BCUT2D eigenvalue weighted by Gasteiger charge is -2.06. The molecule has 5 nitrogen and oxygen atoms in total. The lowest BCUT2D eigenvalue weighted by Crippen LogP contribution is -2.03. The summed E-state index contributed by atoms with van der Waals surface area (Å²) < 4.78 is 5.71. The first-order chi connectivity index (χ1) is 11.5. The van der Waals surface area contributed by atoms with Gasteiger partial charge in [-0.1, -0.05) is 29.8 Å². The molecule has 0 saturated carbocycles. The molecular formula is C17H16N4OS2. The van der Waals surface area contributed by atoms with Gasteiger partial charge in [0.25, 0.3) is 11.1 Å². The smallest absolute Gasteiger partial charge is 0.278 e. The molecule has 2 heterocycles. The van der Waals surface area contributed by atoms with Gasteiger partial charge in [-0.3, -0.25) is 0 Å². The van der Waals surface area contributed by atoms with E-state index in [1.807, 2.05) is 45.0 Å². The van der Waals surface area contributed by atoms with E-state index >= 15 is 0 Å². The van der Waals surface area contributed by atoms with E-state index in [4.69, 9.17) is 4.42 Å². The van der Waals surface area contributed by atoms with Gasteiger partial charge in [0.15, 0.2) is 0 Å². The Morgan fingerprint density at radius 3 is 2.58 bits per heavy atom. The zero-order chi connectivity index (χ0) is 17.1. The number of thioether (sulfide) groups is 1. The van der Waals surface area contributed by atoms with Crippen LogP contribution in [0.1, 0.15) is 21.8 Å². The second-order valence-electron chi connectivity index (χ2n) is 5.45. The Balaban J connectivity index is 1.72. The number of rotatable bonds is 5. The van der Waals surface area contributed by atoms with Gasteiger partial charge in [0.05, 0.1) is 16.8 Å². The van der Waals surface area contributed by atoms with Crippen LogP contribution in [-0.2, 0) is 6.42 Å². The maximum atomic E-state index is 9.41. The van der Waals surface area contributed by atoms with Crippen molar-refractivity contribution in [3.63, 3.8) is 0 Å². The number of thiazole rings is 1. The standard InChI is InChI=1S/C17H16N4OS2/c1-10-4-6-13(7-5-10)8-14(9-18)24-17-21-20-16(22-17)15-11(2)19-12(3)23-15/h4-7,14H,8H2,1-3H3. The van der Waals surface area contributed by atoms with Gasteiger partial charge in [-0.25, -0.2) is 4.98 Å². The fourth-order valence-electron chi connectivity index (χ4n) is 2.25. The predicted octanol–water partition coefficient (Wildman–Crippen LogP) is 4.35. The van der Waals surface area contributed by atoms with Crippen LogP contribution in [0.5, 0.6) is 0 Å². The van der Waals surface area contributed by atoms with Crippen molar-refractivity contribution in [1.29, 1.82) is 5.26 Å². The molecule has 0 fully saturated rings. The Morgan fingerprint density at radius 2 is 1.96 bits per heavy atom. The van der Waals surface area contributed by atoms with Gasteiger partial charge in [-0.05, 0) is 44.5 Å². The number of hydrogen-bond donors (Lipinski definition) is 0. The monoisotopic (exact) mass is 356 g/mol. The summed E-state index contributed by atoms with van der Waals surface area (Å²) in [5, 5.41) is 18.7. The molecule has 0 aliphatic rings. The van der Waals surface area contributed by atoms with Crippen LogP contribution in [0.3, 0.4) is 0 Å². The molecule has 0 saturated heterocycles. The zero-order valence-electron chi connectivity index (χ0n) is 13.6. The summed E-state index contributed by atoms with van der Waals surface area (Å²) in [4.78, 5) is 5.26. The molecule has 2 aromatic heterocycles. The van der Waals surface area contributed by atoms with E-state index in [9.17, 15) is 5.26 Å². The third kappa shape index (κ3) is 3.83. The van der Waals surface area contributed by atoms with E-state index in [0.29, 0.717) is 17.5 Å². The molecule has 7 heteroatoms. The van der Waals surface area contributed by atoms with Gasteiger partial charge in [0.1, 0.15) is 10.1 Å².